The molecule has 0 aliphatic heterocycles. The van der Waals surface area contributed by atoms with Crippen molar-refractivity contribution in [3.63, 3.8) is 0 Å². The van der Waals surface area contributed by atoms with Crippen LogP contribution in [0.1, 0.15) is 210 Å². The summed E-state index contributed by atoms with van der Waals surface area (Å²) in [6, 6.07) is 3.46. The van der Waals surface area contributed by atoms with E-state index in [4.69, 9.17) is 47.4 Å². The van der Waals surface area contributed by atoms with E-state index in [2.05, 4.69) is 13.8 Å². The molecule has 80 heavy (non-hydrogen) atoms. The molecule has 0 radical (unpaired) electrons. The molecule has 0 aliphatic rings. The molecule has 0 spiro atoms. The van der Waals surface area contributed by atoms with Crippen molar-refractivity contribution in [3.05, 3.63) is 23.8 Å². The first-order chi connectivity index (χ1) is 38.8. The summed E-state index contributed by atoms with van der Waals surface area (Å²) in [7, 11) is 0. The van der Waals surface area contributed by atoms with Crippen LogP contribution in [0, 0.1) is 5.92 Å². The number of ether oxygens (including phenoxy) is 10. The van der Waals surface area contributed by atoms with E-state index in [1.54, 1.807) is 0 Å². The summed E-state index contributed by atoms with van der Waals surface area (Å²) in [4.78, 5) is 37.0. The highest BCUT2D eigenvalue weighted by Crippen LogP contribution is 2.32. The lowest BCUT2D eigenvalue weighted by Gasteiger charge is -2.18. The standard InChI is InChI=1S/C61H104F6O13/c1-3-5-7-9-11-13-15-17-19-21-23-25-27-29-31-71-33-35-73-37-39-75-41-43-77-45-47-79-54-49-53(57(68)52-56(58(69)60(62,63)64)59(70)61(65,66)67)50-55(51-54)80-48-46-78-44-42-76-40-38-74-36-34-72-32-30-28-26-24-22-20-18-16-14-12-10-8-6-4-2/h49-51,56H,3-48,52H2,1-2H3. The molecule has 0 saturated carbocycles. The molecule has 0 N–H and O–H groups in total. The molecule has 13 nitrogen and oxygen atoms in total. The fourth-order valence-corrected chi connectivity index (χ4v) is 8.66. The largest absolute Gasteiger partial charge is 0.491 e. The predicted octanol–water partition coefficient (Wildman–Crippen LogP) is 15.0. The van der Waals surface area contributed by atoms with Gasteiger partial charge in [0.25, 0.3) is 0 Å². The third kappa shape index (κ3) is 45.6. The molecule has 0 bridgehead atoms. The summed E-state index contributed by atoms with van der Waals surface area (Å²) < 4.78 is 135. The summed E-state index contributed by atoms with van der Waals surface area (Å²) in [6.07, 6.45) is 23.4. The van der Waals surface area contributed by atoms with E-state index >= 15 is 0 Å². The van der Waals surface area contributed by atoms with Crippen molar-refractivity contribution in [2.75, 3.05) is 119 Å². The molecule has 468 valence electrons. The van der Waals surface area contributed by atoms with E-state index < -0.39 is 47.6 Å². The lowest BCUT2D eigenvalue weighted by atomic mass is 9.90. The number of Topliss-reactive ketones (excluding diaryl/α,β-unsaturated/α-hetero) is 3. The van der Waals surface area contributed by atoms with Crippen LogP contribution >= 0.6 is 0 Å². The first-order valence-electron chi connectivity index (χ1n) is 30.6. The Morgan fingerprint density at radius 2 is 0.550 bits per heavy atom. The van der Waals surface area contributed by atoms with Crippen molar-refractivity contribution in [1.29, 1.82) is 0 Å². The zero-order valence-electron chi connectivity index (χ0n) is 49.1. The normalized spacial score (nSPS) is 12.0. The van der Waals surface area contributed by atoms with Gasteiger partial charge in [0, 0.05) is 31.3 Å². The minimum atomic E-state index is -5.80. The number of carbonyl (C=O) groups is 3. The van der Waals surface area contributed by atoms with Gasteiger partial charge in [0.2, 0.25) is 11.6 Å². The van der Waals surface area contributed by atoms with Crippen LogP contribution in [0.15, 0.2) is 18.2 Å². The average Bonchev–Trinajstić information content (AvgIpc) is 3.43. The van der Waals surface area contributed by atoms with Gasteiger partial charge in [0.05, 0.1) is 92.5 Å². The van der Waals surface area contributed by atoms with E-state index in [1.807, 2.05) is 0 Å². The number of alkyl halides is 6. The molecule has 1 rings (SSSR count). The van der Waals surface area contributed by atoms with Gasteiger partial charge in [-0.2, -0.15) is 26.3 Å². The summed E-state index contributed by atoms with van der Waals surface area (Å²) >= 11 is 0. The second kappa shape index (κ2) is 52.9. The Morgan fingerprint density at radius 3 is 0.800 bits per heavy atom. The number of carbonyl (C=O) groups excluding carboxylic acids is 3. The number of ketones is 3. The van der Waals surface area contributed by atoms with E-state index in [-0.39, 0.29) is 64.4 Å². The molecule has 19 heteroatoms. The van der Waals surface area contributed by atoms with Crippen molar-refractivity contribution in [1.82, 2.24) is 0 Å². The fourth-order valence-electron chi connectivity index (χ4n) is 8.66. The van der Waals surface area contributed by atoms with Gasteiger partial charge in [-0.1, -0.05) is 181 Å². The smallest absolute Gasteiger partial charge is 0.450 e. The van der Waals surface area contributed by atoms with Crippen LogP contribution in [0.25, 0.3) is 0 Å². The maximum Gasteiger partial charge on any atom is 0.450 e. The summed E-state index contributed by atoms with van der Waals surface area (Å²) in [5.74, 6) is -10.7. The van der Waals surface area contributed by atoms with Gasteiger partial charge >= 0.3 is 12.4 Å². The minimum absolute atomic E-state index is 0.0413. The quantitative estimate of drug-likeness (QED) is 0.0264. The molecule has 0 aliphatic carbocycles. The number of hydrogen-bond donors (Lipinski definition) is 0. The summed E-state index contributed by atoms with van der Waals surface area (Å²) in [5, 5.41) is 0. The van der Waals surface area contributed by atoms with Crippen LogP contribution in [-0.4, -0.2) is 149 Å². The predicted molar refractivity (Wildman–Crippen MR) is 299 cm³/mol. The number of unbranched alkanes of at least 4 members (excludes halogenated alkanes) is 26. The van der Waals surface area contributed by atoms with E-state index in [9.17, 15) is 40.7 Å². The average molecular weight is 1160 g/mol. The summed E-state index contributed by atoms with van der Waals surface area (Å²) in [5.41, 5.74) is -0.450. The second-order valence-electron chi connectivity index (χ2n) is 20.4. The SMILES string of the molecule is CCCCCCCCCCCCCCCCOCCOCCOCCOCCOc1cc(OCCOCCOCCOCCOCCCCCCCCCCCCCCCC)cc(C(=O)CC(C(=O)C(F)(F)F)C(=O)C(F)(F)F)c1. The molecule has 1 aromatic carbocycles. The van der Waals surface area contributed by atoms with Crippen LogP contribution in [-0.2, 0) is 47.5 Å². The molecule has 0 unspecified atom stereocenters. The van der Waals surface area contributed by atoms with Gasteiger partial charge in [0.1, 0.15) is 30.6 Å². The number of benzene rings is 1. The van der Waals surface area contributed by atoms with Crippen molar-refractivity contribution in [2.45, 2.75) is 212 Å². The van der Waals surface area contributed by atoms with Gasteiger partial charge < -0.3 is 47.4 Å². The lowest BCUT2D eigenvalue weighted by Crippen LogP contribution is -2.42. The van der Waals surface area contributed by atoms with Gasteiger partial charge in [-0.15, -0.1) is 0 Å². The lowest BCUT2D eigenvalue weighted by molar-refractivity contribution is -0.189. The van der Waals surface area contributed by atoms with E-state index in [1.165, 1.54) is 173 Å². The van der Waals surface area contributed by atoms with Crippen LogP contribution in [0.4, 0.5) is 26.3 Å². The first kappa shape index (κ1) is 75.1. The van der Waals surface area contributed by atoms with Crippen LogP contribution in [0.2, 0.25) is 0 Å². The number of halogens is 6. The number of hydrogen-bond acceptors (Lipinski definition) is 13. The van der Waals surface area contributed by atoms with Crippen molar-refractivity contribution in [3.8, 4) is 11.5 Å². The minimum Gasteiger partial charge on any atom is -0.491 e. The Morgan fingerprint density at radius 1 is 0.325 bits per heavy atom. The van der Waals surface area contributed by atoms with Gasteiger partial charge in [-0.3, -0.25) is 14.4 Å². The van der Waals surface area contributed by atoms with Crippen LogP contribution in [0.5, 0.6) is 11.5 Å². The second-order valence-corrected chi connectivity index (χ2v) is 20.4. The summed E-state index contributed by atoms with van der Waals surface area (Å²) in [6.45, 7) is 10.2. The van der Waals surface area contributed by atoms with Gasteiger partial charge in [-0.05, 0) is 25.0 Å². The van der Waals surface area contributed by atoms with Crippen molar-refractivity contribution < 1.29 is 88.1 Å². The Kier molecular flexibility index (Phi) is 49.6. The van der Waals surface area contributed by atoms with Crippen molar-refractivity contribution in [2.24, 2.45) is 5.92 Å². The highest BCUT2D eigenvalue weighted by molar-refractivity contribution is 6.11. The maximum atomic E-state index is 13.3. The first-order valence-corrected chi connectivity index (χ1v) is 30.6. The zero-order valence-corrected chi connectivity index (χ0v) is 49.1. The molecule has 0 amide bonds. The molecule has 0 aromatic heterocycles. The topological polar surface area (TPSA) is 144 Å². The van der Waals surface area contributed by atoms with Crippen LogP contribution in [0.3, 0.4) is 0 Å². The monoisotopic (exact) mass is 1160 g/mol. The Labute approximate surface area is 476 Å². The molecular formula is C61H104F6O13. The third-order valence-corrected chi connectivity index (χ3v) is 13.3. The van der Waals surface area contributed by atoms with Crippen LogP contribution < -0.4 is 9.47 Å². The molecule has 0 atom stereocenters. The fraction of sp³-hybridized carbons (Fsp3) is 0.852. The van der Waals surface area contributed by atoms with E-state index in [0.29, 0.717) is 52.9 Å². The zero-order chi connectivity index (χ0) is 58.5. The van der Waals surface area contributed by atoms with Crippen molar-refractivity contribution >= 4 is 17.3 Å². The third-order valence-electron chi connectivity index (χ3n) is 13.3. The maximum absolute atomic E-state index is 13.3. The number of rotatable bonds is 61. The molecule has 0 fully saturated rings. The Hall–Kier alpha value is -2.91. The Bertz CT molecular complexity index is 1500. The molecule has 1 aromatic rings. The van der Waals surface area contributed by atoms with E-state index in [0.717, 1.165) is 38.2 Å². The molecular weight excluding hydrogens is 1050 g/mol. The highest BCUT2D eigenvalue weighted by atomic mass is 19.4. The molecule has 0 heterocycles. The molecule has 0 saturated heterocycles. The highest BCUT2D eigenvalue weighted by Gasteiger charge is 2.54. The Balaban J connectivity index is 2.31. The van der Waals surface area contributed by atoms with Gasteiger partial charge in [-0.25, -0.2) is 0 Å². The van der Waals surface area contributed by atoms with Gasteiger partial charge in [0.15, 0.2) is 5.78 Å².